The van der Waals surface area contributed by atoms with Gasteiger partial charge in [0.05, 0.1) is 4.90 Å². The second kappa shape index (κ2) is 6.78. The summed E-state index contributed by atoms with van der Waals surface area (Å²) in [5.41, 5.74) is 0.274. The molecule has 132 valence electrons. The van der Waals surface area contributed by atoms with Gasteiger partial charge < -0.3 is 5.32 Å². The standard InChI is InChI=1S/C17H21F2NO3S/c18-17(19)24(22,23)15-5-3-12(4-6-15)16(21)20-8-7-14-10-11-1-2-13(14)9-11/h3-6,11,13-14,17H,1-2,7-10H2,(H,20,21). The van der Waals surface area contributed by atoms with Crippen molar-refractivity contribution in [3.05, 3.63) is 29.8 Å². The van der Waals surface area contributed by atoms with Gasteiger partial charge in [-0.1, -0.05) is 6.42 Å². The number of nitrogens with one attached hydrogen (secondary N) is 1. The molecule has 1 aromatic carbocycles. The predicted octanol–water partition coefficient (Wildman–Crippen LogP) is 3.24. The van der Waals surface area contributed by atoms with E-state index in [1.807, 2.05) is 0 Å². The van der Waals surface area contributed by atoms with E-state index in [-0.39, 0.29) is 11.5 Å². The van der Waals surface area contributed by atoms with Crippen molar-refractivity contribution in [1.29, 1.82) is 0 Å². The SMILES string of the molecule is O=C(NCCC1CC2CCC1C2)c1ccc(S(=O)(=O)C(F)F)cc1. The lowest BCUT2D eigenvalue weighted by atomic mass is 9.86. The third-order valence-electron chi connectivity index (χ3n) is 5.36. The van der Waals surface area contributed by atoms with E-state index in [1.165, 1.54) is 37.8 Å². The predicted molar refractivity (Wildman–Crippen MR) is 85.5 cm³/mol. The minimum atomic E-state index is -4.62. The fraction of sp³-hybridized carbons (Fsp3) is 0.588. The summed E-state index contributed by atoms with van der Waals surface area (Å²) in [5.74, 6) is -1.38. The number of hydrogen-bond acceptors (Lipinski definition) is 3. The molecule has 0 saturated heterocycles. The van der Waals surface area contributed by atoms with Crippen LogP contribution in [0.2, 0.25) is 0 Å². The van der Waals surface area contributed by atoms with Gasteiger partial charge in [0.2, 0.25) is 9.84 Å². The molecule has 0 heterocycles. The maximum Gasteiger partial charge on any atom is 0.341 e. The summed E-state index contributed by atoms with van der Waals surface area (Å²) in [4.78, 5) is 11.6. The van der Waals surface area contributed by atoms with Crippen LogP contribution in [0.1, 0.15) is 42.5 Å². The van der Waals surface area contributed by atoms with E-state index >= 15 is 0 Å². The van der Waals surface area contributed by atoms with E-state index in [4.69, 9.17) is 0 Å². The Morgan fingerprint density at radius 1 is 1.17 bits per heavy atom. The third kappa shape index (κ3) is 3.45. The molecule has 2 fully saturated rings. The van der Waals surface area contributed by atoms with Gasteiger partial charge >= 0.3 is 5.76 Å². The minimum absolute atomic E-state index is 0.274. The van der Waals surface area contributed by atoms with Crippen LogP contribution < -0.4 is 5.32 Å². The number of hydrogen-bond donors (Lipinski definition) is 1. The van der Waals surface area contributed by atoms with Crippen molar-refractivity contribution in [3.63, 3.8) is 0 Å². The molecule has 1 aromatic rings. The molecule has 2 saturated carbocycles. The molecular weight excluding hydrogens is 336 g/mol. The molecule has 0 radical (unpaired) electrons. The molecule has 3 rings (SSSR count). The van der Waals surface area contributed by atoms with E-state index in [1.54, 1.807) is 0 Å². The molecule has 1 amide bonds. The first-order valence-corrected chi connectivity index (χ1v) is 9.83. The van der Waals surface area contributed by atoms with Gasteiger partial charge in [-0.25, -0.2) is 8.42 Å². The Balaban J connectivity index is 1.52. The maximum atomic E-state index is 12.5. The molecule has 1 N–H and O–H groups in total. The van der Waals surface area contributed by atoms with Crippen molar-refractivity contribution >= 4 is 15.7 Å². The largest absolute Gasteiger partial charge is 0.352 e. The van der Waals surface area contributed by atoms with Gasteiger partial charge in [0.1, 0.15) is 0 Å². The van der Waals surface area contributed by atoms with Crippen LogP contribution in [0.25, 0.3) is 0 Å². The second-order valence-electron chi connectivity index (χ2n) is 6.81. The first kappa shape index (κ1) is 17.3. The number of sulfone groups is 1. The van der Waals surface area contributed by atoms with Crippen molar-refractivity contribution in [2.45, 2.75) is 42.8 Å². The zero-order valence-electron chi connectivity index (χ0n) is 13.3. The maximum absolute atomic E-state index is 12.5. The summed E-state index contributed by atoms with van der Waals surface area (Å²) in [6.07, 6.45) is 6.22. The minimum Gasteiger partial charge on any atom is -0.352 e. The Morgan fingerprint density at radius 3 is 2.42 bits per heavy atom. The molecule has 2 aliphatic carbocycles. The van der Waals surface area contributed by atoms with Crippen molar-refractivity contribution in [2.75, 3.05) is 6.54 Å². The van der Waals surface area contributed by atoms with E-state index in [9.17, 15) is 22.0 Å². The summed E-state index contributed by atoms with van der Waals surface area (Å²) in [6.45, 7) is 0.587. The molecule has 3 atom stereocenters. The Bertz CT molecular complexity index is 703. The number of rotatable bonds is 6. The fourth-order valence-corrected chi connectivity index (χ4v) is 4.82. The average molecular weight is 357 g/mol. The molecule has 2 aliphatic rings. The Hall–Kier alpha value is -1.50. The van der Waals surface area contributed by atoms with Gasteiger partial charge in [0.25, 0.3) is 5.91 Å². The van der Waals surface area contributed by atoms with Crippen LogP contribution in [-0.4, -0.2) is 26.6 Å². The number of alkyl halides is 2. The molecule has 2 bridgehead atoms. The van der Waals surface area contributed by atoms with Gasteiger partial charge in [-0.3, -0.25) is 4.79 Å². The van der Waals surface area contributed by atoms with Crippen LogP contribution in [-0.2, 0) is 9.84 Å². The highest BCUT2D eigenvalue weighted by molar-refractivity contribution is 7.91. The monoisotopic (exact) mass is 357 g/mol. The quantitative estimate of drug-likeness (QED) is 0.850. The lowest BCUT2D eigenvalue weighted by Gasteiger charge is -2.21. The molecule has 7 heteroatoms. The first-order valence-electron chi connectivity index (χ1n) is 8.28. The number of carbonyl (C=O) groups excluding carboxylic acids is 1. The molecule has 0 aliphatic heterocycles. The molecule has 4 nitrogen and oxygen atoms in total. The van der Waals surface area contributed by atoms with Crippen LogP contribution in [0.5, 0.6) is 0 Å². The van der Waals surface area contributed by atoms with Crippen LogP contribution in [0.4, 0.5) is 8.78 Å². The van der Waals surface area contributed by atoms with Crippen LogP contribution >= 0.6 is 0 Å². The fourth-order valence-electron chi connectivity index (χ4n) is 4.10. The number of benzene rings is 1. The second-order valence-corrected chi connectivity index (χ2v) is 8.73. The molecular formula is C17H21F2NO3S. The summed E-state index contributed by atoms with van der Waals surface area (Å²) in [5, 5.41) is 2.83. The number of fused-ring (bicyclic) bond motifs is 2. The smallest absolute Gasteiger partial charge is 0.341 e. The molecule has 24 heavy (non-hydrogen) atoms. The zero-order valence-corrected chi connectivity index (χ0v) is 14.1. The lowest BCUT2D eigenvalue weighted by Crippen LogP contribution is -2.27. The topological polar surface area (TPSA) is 63.2 Å². The van der Waals surface area contributed by atoms with Gasteiger partial charge in [0, 0.05) is 12.1 Å². The highest BCUT2D eigenvalue weighted by atomic mass is 32.2. The summed E-state index contributed by atoms with van der Waals surface area (Å²) < 4.78 is 47.6. The van der Waals surface area contributed by atoms with Crippen molar-refractivity contribution < 1.29 is 22.0 Å². The molecule has 0 spiro atoms. The first-order chi connectivity index (χ1) is 11.4. The molecule has 0 aromatic heterocycles. The molecule has 3 unspecified atom stereocenters. The summed E-state index contributed by atoms with van der Waals surface area (Å²) in [6, 6.07) is 4.63. The van der Waals surface area contributed by atoms with E-state index < -0.39 is 20.5 Å². The Labute approximate surface area is 140 Å². The van der Waals surface area contributed by atoms with Crippen molar-refractivity contribution in [3.8, 4) is 0 Å². The Kier molecular flexibility index (Phi) is 4.90. The van der Waals surface area contributed by atoms with Gasteiger partial charge in [-0.05, 0) is 67.7 Å². The third-order valence-corrected chi connectivity index (χ3v) is 6.76. The van der Waals surface area contributed by atoms with Gasteiger partial charge in [-0.2, -0.15) is 8.78 Å². The zero-order chi connectivity index (χ0) is 17.3. The van der Waals surface area contributed by atoms with Crippen molar-refractivity contribution in [1.82, 2.24) is 5.32 Å². The number of carbonyl (C=O) groups is 1. The summed E-state index contributed by atoms with van der Waals surface area (Å²) in [7, 11) is -4.62. The highest BCUT2D eigenvalue weighted by Gasteiger charge is 2.38. The number of amides is 1. The van der Waals surface area contributed by atoms with Crippen molar-refractivity contribution in [2.24, 2.45) is 17.8 Å². The van der Waals surface area contributed by atoms with E-state index in [2.05, 4.69) is 5.32 Å². The summed E-state index contributed by atoms with van der Waals surface area (Å²) >= 11 is 0. The highest BCUT2D eigenvalue weighted by Crippen LogP contribution is 2.49. The van der Waals surface area contributed by atoms with E-state index in [0.29, 0.717) is 12.5 Å². The normalized spacial score (nSPS) is 26.0. The van der Waals surface area contributed by atoms with Crippen LogP contribution in [0.15, 0.2) is 29.2 Å². The van der Waals surface area contributed by atoms with Crippen LogP contribution in [0.3, 0.4) is 0 Å². The van der Waals surface area contributed by atoms with Gasteiger partial charge in [-0.15, -0.1) is 0 Å². The number of halogens is 2. The average Bonchev–Trinajstić information content (AvgIpc) is 3.17. The Morgan fingerprint density at radius 2 is 1.88 bits per heavy atom. The van der Waals surface area contributed by atoms with Crippen LogP contribution in [0, 0.1) is 17.8 Å². The van der Waals surface area contributed by atoms with E-state index in [0.717, 1.165) is 30.4 Å². The lowest BCUT2D eigenvalue weighted by molar-refractivity contribution is 0.0949. The van der Waals surface area contributed by atoms with Gasteiger partial charge in [0.15, 0.2) is 0 Å².